The lowest BCUT2D eigenvalue weighted by atomic mass is 10.0. The molecule has 1 saturated carbocycles. The molecule has 0 spiro atoms. The molecule has 4 rings (SSSR count). The van der Waals surface area contributed by atoms with Crippen molar-refractivity contribution >= 4 is 15.9 Å². The van der Waals surface area contributed by atoms with Crippen LogP contribution in [0.5, 0.6) is 5.75 Å². The predicted octanol–water partition coefficient (Wildman–Crippen LogP) is 2.12. The van der Waals surface area contributed by atoms with E-state index in [2.05, 4.69) is 16.8 Å². The molecule has 1 N–H and O–H groups in total. The summed E-state index contributed by atoms with van der Waals surface area (Å²) in [4.78, 5) is 18.5. The van der Waals surface area contributed by atoms with Gasteiger partial charge in [0.1, 0.15) is 22.4 Å². The van der Waals surface area contributed by atoms with Crippen LogP contribution in [0.4, 0.5) is 0 Å². The molecule has 186 valence electrons. The Hall–Kier alpha value is -2.93. The Bertz CT molecular complexity index is 1230. The van der Waals surface area contributed by atoms with E-state index in [9.17, 15) is 18.3 Å². The topological polar surface area (TPSA) is 100 Å². The van der Waals surface area contributed by atoms with E-state index >= 15 is 0 Å². The SMILES string of the molecule is C[C@H]1CN([C@@H](C)CO)S(=O)(=O)c2ccc(C#Cc3ccccn3)cc2O[C@@H]1CN(C)C(=O)C1CC1. The molecular formula is C26H31N3O5S. The minimum Gasteiger partial charge on any atom is -0.487 e. The van der Waals surface area contributed by atoms with Crippen LogP contribution in [0.2, 0.25) is 0 Å². The van der Waals surface area contributed by atoms with Gasteiger partial charge < -0.3 is 14.7 Å². The maximum absolute atomic E-state index is 13.6. The highest BCUT2D eigenvalue weighted by Crippen LogP contribution is 2.35. The molecular weight excluding hydrogens is 466 g/mol. The zero-order valence-corrected chi connectivity index (χ0v) is 21.0. The van der Waals surface area contributed by atoms with E-state index in [1.165, 1.54) is 10.4 Å². The highest BCUT2D eigenvalue weighted by molar-refractivity contribution is 7.89. The largest absolute Gasteiger partial charge is 0.487 e. The molecule has 0 saturated heterocycles. The monoisotopic (exact) mass is 497 g/mol. The number of hydrogen-bond acceptors (Lipinski definition) is 6. The van der Waals surface area contributed by atoms with Gasteiger partial charge in [0.2, 0.25) is 15.9 Å². The normalized spacial score (nSPS) is 22.4. The molecule has 0 unspecified atom stereocenters. The standard InChI is InChI=1S/C26H31N3O5S/c1-18-15-29(19(2)17-30)35(32,33)25-12-8-20(7-11-22-6-4-5-13-27-22)14-23(25)34-24(18)16-28(3)26(31)21-9-10-21/h4-6,8,12-14,18-19,21,24,30H,9-10,15-17H2,1-3H3/t18-,19-,24+/m0/s1. The number of amides is 1. The Balaban J connectivity index is 1.72. The van der Waals surface area contributed by atoms with Crippen molar-refractivity contribution in [2.45, 2.75) is 43.7 Å². The summed E-state index contributed by atoms with van der Waals surface area (Å²) in [5.41, 5.74) is 1.18. The first-order valence-corrected chi connectivity index (χ1v) is 13.3. The molecule has 8 nitrogen and oxygen atoms in total. The van der Waals surface area contributed by atoms with Gasteiger partial charge in [-0.15, -0.1) is 0 Å². The Morgan fingerprint density at radius 3 is 2.71 bits per heavy atom. The lowest BCUT2D eigenvalue weighted by molar-refractivity contribution is -0.132. The van der Waals surface area contributed by atoms with Crippen molar-refractivity contribution in [2.24, 2.45) is 11.8 Å². The van der Waals surface area contributed by atoms with E-state index in [-0.39, 0.29) is 41.5 Å². The second-order valence-electron chi connectivity index (χ2n) is 9.36. The van der Waals surface area contributed by atoms with E-state index in [0.717, 1.165) is 12.8 Å². The van der Waals surface area contributed by atoms with E-state index in [1.807, 2.05) is 13.0 Å². The molecule has 1 aromatic heterocycles. The molecule has 2 aromatic rings. The molecule has 1 aliphatic heterocycles. The third kappa shape index (κ3) is 5.67. The molecule has 9 heteroatoms. The number of rotatable bonds is 5. The van der Waals surface area contributed by atoms with Crippen molar-refractivity contribution in [3.05, 3.63) is 53.9 Å². The number of pyridine rings is 1. The van der Waals surface area contributed by atoms with Crippen LogP contribution in [-0.4, -0.2) is 72.5 Å². The van der Waals surface area contributed by atoms with Gasteiger partial charge in [-0.2, -0.15) is 4.31 Å². The van der Waals surface area contributed by atoms with Crippen LogP contribution in [-0.2, 0) is 14.8 Å². The molecule has 1 amide bonds. The molecule has 1 fully saturated rings. The first kappa shape index (κ1) is 25.2. The van der Waals surface area contributed by atoms with Crippen LogP contribution < -0.4 is 4.74 Å². The summed E-state index contributed by atoms with van der Waals surface area (Å²) in [6, 6.07) is 9.59. The number of ether oxygens (including phenoxy) is 1. The fourth-order valence-corrected chi connectivity index (χ4v) is 5.92. The second kappa shape index (κ2) is 10.4. The van der Waals surface area contributed by atoms with Crippen LogP contribution in [0.3, 0.4) is 0 Å². The second-order valence-corrected chi connectivity index (χ2v) is 11.2. The minimum absolute atomic E-state index is 0.0225. The molecule has 1 aliphatic carbocycles. The zero-order chi connectivity index (χ0) is 25.2. The van der Waals surface area contributed by atoms with E-state index in [1.54, 1.807) is 49.3 Å². The van der Waals surface area contributed by atoms with E-state index in [0.29, 0.717) is 17.8 Å². The van der Waals surface area contributed by atoms with Crippen molar-refractivity contribution in [3.8, 4) is 17.6 Å². The highest BCUT2D eigenvalue weighted by Gasteiger charge is 2.39. The maximum Gasteiger partial charge on any atom is 0.247 e. The number of sulfonamides is 1. The number of fused-ring (bicyclic) bond motifs is 1. The van der Waals surface area contributed by atoms with E-state index in [4.69, 9.17) is 4.74 Å². The number of nitrogens with zero attached hydrogens (tertiary/aromatic N) is 3. The molecule has 0 bridgehead atoms. The Morgan fingerprint density at radius 1 is 1.29 bits per heavy atom. The Kier molecular flexibility index (Phi) is 7.45. The zero-order valence-electron chi connectivity index (χ0n) is 20.2. The third-order valence-corrected chi connectivity index (χ3v) is 8.44. The Morgan fingerprint density at radius 2 is 2.06 bits per heavy atom. The van der Waals surface area contributed by atoms with Crippen LogP contribution >= 0.6 is 0 Å². The van der Waals surface area contributed by atoms with Crippen molar-refractivity contribution < 1.29 is 23.1 Å². The summed E-state index contributed by atoms with van der Waals surface area (Å²) < 4.78 is 34.8. The molecule has 2 heterocycles. The number of carbonyl (C=O) groups is 1. The van der Waals surface area contributed by atoms with Gasteiger partial charge in [0.05, 0.1) is 13.2 Å². The van der Waals surface area contributed by atoms with Crippen LogP contribution in [0.25, 0.3) is 0 Å². The van der Waals surface area contributed by atoms with Crippen molar-refractivity contribution in [1.29, 1.82) is 0 Å². The summed E-state index contributed by atoms with van der Waals surface area (Å²) in [5, 5.41) is 9.78. The predicted molar refractivity (Wildman–Crippen MR) is 131 cm³/mol. The molecule has 1 aromatic carbocycles. The maximum atomic E-state index is 13.6. The lowest BCUT2D eigenvalue weighted by Gasteiger charge is -2.37. The van der Waals surface area contributed by atoms with Gasteiger partial charge in [0.25, 0.3) is 0 Å². The summed E-state index contributed by atoms with van der Waals surface area (Å²) in [6.45, 7) is 3.78. The summed E-state index contributed by atoms with van der Waals surface area (Å²) >= 11 is 0. The van der Waals surface area contributed by atoms with Crippen LogP contribution in [0.15, 0.2) is 47.5 Å². The molecule has 0 radical (unpaired) electrons. The number of benzene rings is 1. The number of aromatic nitrogens is 1. The number of carbonyl (C=O) groups excluding carboxylic acids is 1. The van der Waals surface area contributed by atoms with E-state index < -0.39 is 22.2 Å². The summed E-state index contributed by atoms with van der Waals surface area (Å²) in [5.74, 6) is 6.13. The van der Waals surface area contributed by atoms with Crippen molar-refractivity contribution in [2.75, 3.05) is 26.7 Å². The van der Waals surface area contributed by atoms with Gasteiger partial charge >= 0.3 is 0 Å². The Labute approximate surface area is 207 Å². The van der Waals surface area contributed by atoms with Gasteiger partial charge in [-0.05, 0) is 56.0 Å². The quantitative estimate of drug-likeness (QED) is 0.636. The van der Waals surface area contributed by atoms with Gasteiger partial charge in [0, 0.05) is 43.2 Å². The first-order valence-electron chi connectivity index (χ1n) is 11.8. The minimum atomic E-state index is -3.94. The third-order valence-electron chi connectivity index (χ3n) is 6.42. The number of hydrogen-bond donors (Lipinski definition) is 1. The van der Waals surface area contributed by atoms with Crippen LogP contribution in [0, 0.1) is 23.7 Å². The lowest BCUT2D eigenvalue weighted by Crippen LogP contribution is -2.50. The molecule has 35 heavy (non-hydrogen) atoms. The van der Waals surface area contributed by atoms with Gasteiger partial charge in [0.15, 0.2) is 0 Å². The average Bonchev–Trinajstić information content (AvgIpc) is 3.70. The van der Waals surface area contributed by atoms with Crippen LogP contribution in [0.1, 0.15) is 37.9 Å². The fraction of sp³-hybridized carbons (Fsp3) is 0.462. The average molecular weight is 498 g/mol. The van der Waals surface area contributed by atoms with Crippen molar-refractivity contribution in [1.82, 2.24) is 14.2 Å². The molecule has 2 aliphatic rings. The van der Waals surface area contributed by atoms with Gasteiger partial charge in [-0.3, -0.25) is 4.79 Å². The highest BCUT2D eigenvalue weighted by atomic mass is 32.2. The number of aliphatic hydroxyl groups excluding tert-OH is 1. The van der Waals surface area contributed by atoms with Gasteiger partial charge in [-0.25, -0.2) is 13.4 Å². The van der Waals surface area contributed by atoms with Gasteiger partial charge in [-0.1, -0.05) is 18.9 Å². The van der Waals surface area contributed by atoms with Crippen molar-refractivity contribution in [3.63, 3.8) is 0 Å². The fourth-order valence-electron chi connectivity index (χ4n) is 4.10. The molecule has 3 atom stereocenters. The number of likely N-dealkylation sites (N-methyl/N-ethyl adjacent to an activating group) is 1. The first-order chi connectivity index (χ1) is 16.7. The number of aliphatic hydroxyl groups is 1. The summed E-state index contributed by atoms with van der Waals surface area (Å²) in [6.07, 6.45) is 3.03. The smallest absolute Gasteiger partial charge is 0.247 e. The summed E-state index contributed by atoms with van der Waals surface area (Å²) in [7, 11) is -2.18.